The minimum absolute atomic E-state index is 0.0242. The summed E-state index contributed by atoms with van der Waals surface area (Å²) in [6.07, 6.45) is 2.85. The van der Waals surface area contributed by atoms with E-state index >= 15 is 0 Å². The normalized spacial score (nSPS) is 31.0. The van der Waals surface area contributed by atoms with E-state index in [1.807, 2.05) is 0 Å². The van der Waals surface area contributed by atoms with Crippen molar-refractivity contribution in [1.29, 1.82) is 0 Å². The highest BCUT2D eigenvalue weighted by Crippen LogP contribution is 2.18. The van der Waals surface area contributed by atoms with Crippen LogP contribution >= 0.6 is 0 Å². The second kappa shape index (κ2) is 4.81. The summed E-state index contributed by atoms with van der Waals surface area (Å²) in [5.41, 5.74) is 5.43. The fourth-order valence-electron chi connectivity index (χ4n) is 2.09. The van der Waals surface area contributed by atoms with Gasteiger partial charge in [0, 0.05) is 6.61 Å². The molecule has 0 spiro atoms. The van der Waals surface area contributed by atoms with Crippen LogP contribution in [0.4, 0.5) is 4.79 Å². The third kappa shape index (κ3) is 2.60. The average molecular weight is 214 g/mol. The van der Waals surface area contributed by atoms with Crippen molar-refractivity contribution < 1.29 is 14.3 Å². The van der Waals surface area contributed by atoms with Crippen LogP contribution in [-0.4, -0.2) is 49.4 Å². The Morgan fingerprint density at radius 1 is 1.47 bits per heavy atom. The maximum atomic E-state index is 11.5. The van der Waals surface area contributed by atoms with E-state index in [1.165, 1.54) is 0 Å². The topological polar surface area (TPSA) is 64.8 Å². The van der Waals surface area contributed by atoms with E-state index in [2.05, 4.69) is 0 Å². The van der Waals surface area contributed by atoms with Gasteiger partial charge in [0.1, 0.15) is 6.10 Å². The molecular weight excluding hydrogens is 196 g/mol. The van der Waals surface area contributed by atoms with E-state index < -0.39 is 0 Å². The lowest BCUT2D eigenvalue weighted by Crippen LogP contribution is -2.33. The molecule has 5 nitrogen and oxygen atoms in total. The van der Waals surface area contributed by atoms with Gasteiger partial charge in [-0.15, -0.1) is 0 Å². The van der Waals surface area contributed by atoms with Gasteiger partial charge in [0.2, 0.25) is 0 Å². The van der Waals surface area contributed by atoms with Crippen molar-refractivity contribution in [2.24, 2.45) is 5.73 Å². The van der Waals surface area contributed by atoms with Crippen LogP contribution in [0, 0.1) is 0 Å². The summed E-state index contributed by atoms with van der Waals surface area (Å²) in [5.74, 6) is 0. The summed E-state index contributed by atoms with van der Waals surface area (Å²) in [6.45, 7) is 2.71. The maximum Gasteiger partial charge on any atom is 0.410 e. The van der Waals surface area contributed by atoms with Crippen molar-refractivity contribution in [2.75, 3.05) is 26.2 Å². The highest BCUT2D eigenvalue weighted by Gasteiger charge is 2.32. The zero-order valence-electron chi connectivity index (χ0n) is 8.85. The monoisotopic (exact) mass is 214 g/mol. The molecule has 0 aromatic heterocycles. The van der Waals surface area contributed by atoms with Crippen molar-refractivity contribution >= 4 is 6.09 Å². The van der Waals surface area contributed by atoms with Gasteiger partial charge in [-0.2, -0.15) is 0 Å². The van der Waals surface area contributed by atoms with Crippen LogP contribution in [-0.2, 0) is 9.47 Å². The summed E-state index contributed by atoms with van der Waals surface area (Å²) in [7, 11) is 0. The summed E-state index contributed by atoms with van der Waals surface area (Å²) < 4.78 is 10.7. The van der Waals surface area contributed by atoms with Crippen LogP contribution in [0.15, 0.2) is 0 Å². The molecule has 2 aliphatic rings. The standard InChI is InChI=1S/C10H18N2O3/c11-4-3-9-7-12(10(13)15-9)6-8-2-1-5-14-8/h8-9H,1-7,11H2. The quantitative estimate of drug-likeness (QED) is 0.732. The van der Waals surface area contributed by atoms with E-state index in [9.17, 15) is 4.79 Å². The number of ether oxygens (including phenoxy) is 2. The zero-order chi connectivity index (χ0) is 10.7. The third-order valence-electron chi connectivity index (χ3n) is 2.89. The maximum absolute atomic E-state index is 11.5. The number of nitrogens with two attached hydrogens (primary N) is 1. The predicted octanol–water partition coefficient (Wildman–Crippen LogP) is 0.335. The van der Waals surface area contributed by atoms with Crippen molar-refractivity contribution in [3.05, 3.63) is 0 Å². The zero-order valence-corrected chi connectivity index (χ0v) is 8.85. The van der Waals surface area contributed by atoms with Crippen LogP contribution in [0.3, 0.4) is 0 Å². The van der Waals surface area contributed by atoms with Gasteiger partial charge in [0.15, 0.2) is 0 Å². The molecule has 2 heterocycles. The molecule has 0 saturated carbocycles. The molecule has 2 rings (SSSR count). The smallest absolute Gasteiger partial charge is 0.410 e. The minimum Gasteiger partial charge on any atom is -0.444 e. The van der Waals surface area contributed by atoms with Gasteiger partial charge in [-0.1, -0.05) is 0 Å². The van der Waals surface area contributed by atoms with Crippen LogP contribution in [0.5, 0.6) is 0 Å². The Hall–Kier alpha value is -0.810. The van der Waals surface area contributed by atoms with Crippen molar-refractivity contribution in [3.8, 4) is 0 Å². The van der Waals surface area contributed by atoms with Crippen molar-refractivity contribution in [1.82, 2.24) is 4.90 Å². The molecule has 0 aromatic carbocycles. The number of hydrogen-bond acceptors (Lipinski definition) is 4. The molecule has 2 unspecified atom stereocenters. The molecular formula is C10H18N2O3. The van der Waals surface area contributed by atoms with Crippen LogP contribution in [0.2, 0.25) is 0 Å². The molecule has 2 saturated heterocycles. The first-order valence-electron chi connectivity index (χ1n) is 5.57. The Kier molecular flexibility index (Phi) is 3.43. The molecule has 2 aliphatic heterocycles. The average Bonchev–Trinajstić information content (AvgIpc) is 2.79. The lowest BCUT2D eigenvalue weighted by Gasteiger charge is -2.17. The van der Waals surface area contributed by atoms with E-state index in [0.717, 1.165) is 25.9 Å². The number of cyclic esters (lactones) is 1. The second-order valence-electron chi connectivity index (χ2n) is 4.12. The van der Waals surface area contributed by atoms with Gasteiger partial charge in [0.05, 0.1) is 19.2 Å². The summed E-state index contributed by atoms with van der Waals surface area (Å²) in [4.78, 5) is 13.2. The Morgan fingerprint density at radius 2 is 2.33 bits per heavy atom. The van der Waals surface area contributed by atoms with Gasteiger partial charge in [-0.05, 0) is 25.8 Å². The first kappa shape index (κ1) is 10.7. The molecule has 0 aromatic rings. The highest BCUT2D eigenvalue weighted by molar-refractivity contribution is 5.69. The second-order valence-corrected chi connectivity index (χ2v) is 4.12. The van der Waals surface area contributed by atoms with E-state index in [-0.39, 0.29) is 18.3 Å². The predicted molar refractivity (Wildman–Crippen MR) is 54.5 cm³/mol. The minimum atomic E-state index is -0.219. The first-order chi connectivity index (χ1) is 7.29. The number of amides is 1. The van der Waals surface area contributed by atoms with Gasteiger partial charge in [-0.25, -0.2) is 4.79 Å². The van der Waals surface area contributed by atoms with Gasteiger partial charge in [-0.3, -0.25) is 0 Å². The lowest BCUT2D eigenvalue weighted by molar-refractivity contribution is 0.0823. The molecule has 0 bridgehead atoms. The Bertz CT molecular complexity index is 229. The first-order valence-corrected chi connectivity index (χ1v) is 5.57. The number of carbonyl (C=O) groups is 1. The fraction of sp³-hybridized carbons (Fsp3) is 0.900. The van der Waals surface area contributed by atoms with Crippen LogP contribution in [0.1, 0.15) is 19.3 Å². The molecule has 5 heteroatoms. The Balaban J connectivity index is 1.79. The SMILES string of the molecule is NCCC1CN(CC2CCCO2)C(=O)O1. The molecule has 86 valence electrons. The van der Waals surface area contributed by atoms with Gasteiger partial charge in [0.25, 0.3) is 0 Å². The summed E-state index contributed by atoms with van der Waals surface area (Å²) >= 11 is 0. The lowest BCUT2D eigenvalue weighted by atomic mass is 10.2. The summed E-state index contributed by atoms with van der Waals surface area (Å²) in [5, 5.41) is 0. The fourth-order valence-corrected chi connectivity index (χ4v) is 2.09. The molecule has 0 radical (unpaired) electrons. The molecule has 0 aliphatic carbocycles. The molecule has 2 atom stereocenters. The summed E-state index contributed by atoms with van der Waals surface area (Å²) in [6, 6.07) is 0. The van der Waals surface area contributed by atoms with Gasteiger partial charge >= 0.3 is 6.09 Å². The van der Waals surface area contributed by atoms with Crippen molar-refractivity contribution in [3.63, 3.8) is 0 Å². The highest BCUT2D eigenvalue weighted by atomic mass is 16.6. The number of hydrogen-bond donors (Lipinski definition) is 1. The Morgan fingerprint density at radius 3 is 3.00 bits per heavy atom. The van der Waals surface area contributed by atoms with E-state index in [1.54, 1.807) is 4.90 Å². The van der Waals surface area contributed by atoms with E-state index in [4.69, 9.17) is 15.2 Å². The van der Waals surface area contributed by atoms with Crippen LogP contribution in [0.25, 0.3) is 0 Å². The Labute approximate surface area is 89.5 Å². The van der Waals surface area contributed by atoms with Crippen LogP contribution < -0.4 is 5.73 Å². The van der Waals surface area contributed by atoms with E-state index in [0.29, 0.717) is 19.6 Å². The van der Waals surface area contributed by atoms with Gasteiger partial charge < -0.3 is 20.1 Å². The largest absolute Gasteiger partial charge is 0.444 e. The third-order valence-corrected chi connectivity index (χ3v) is 2.89. The molecule has 2 N–H and O–H groups in total. The molecule has 15 heavy (non-hydrogen) atoms. The molecule has 2 fully saturated rings. The number of carbonyl (C=O) groups excluding carboxylic acids is 1. The number of rotatable bonds is 4. The number of nitrogens with zero attached hydrogens (tertiary/aromatic N) is 1. The molecule has 1 amide bonds. The van der Waals surface area contributed by atoms with Crippen molar-refractivity contribution in [2.45, 2.75) is 31.5 Å².